The lowest BCUT2D eigenvalue weighted by Gasteiger charge is -2.26. The molecular formula is C23H29N5O3S2. The van der Waals surface area contributed by atoms with Crippen molar-refractivity contribution in [2.45, 2.75) is 26.2 Å². The molecule has 0 atom stereocenters. The maximum absolute atomic E-state index is 13.3. The average Bonchev–Trinajstić information content (AvgIpc) is 3.10. The molecule has 2 aromatic heterocycles. The summed E-state index contributed by atoms with van der Waals surface area (Å²) in [6.07, 6.45) is 6.11. The highest BCUT2D eigenvalue weighted by Gasteiger charge is 2.32. The summed E-state index contributed by atoms with van der Waals surface area (Å²) in [7, 11) is 0. The summed E-state index contributed by atoms with van der Waals surface area (Å²) >= 11 is 6.66. The Hall–Kier alpha value is -2.27. The van der Waals surface area contributed by atoms with E-state index in [1.54, 1.807) is 29.3 Å². The van der Waals surface area contributed by atoms with Gasteiger partial charge in [0.2, 0.25) is 0 Å². The summed E-state index contributed by atoms with van der Waals surface area (Å²) in [4.78, 5) is 35.4. The molecule has 1 N–H and O–H groups in total. The topological polar surface area (TPSA) is 79.2 Å². The Morgan fingerprint density at radius 1 is 1.21 bits per heavy atom. The minimum absolute atomic E-state index is 0.144. The molecule has 0 aliphatic carbocycles. The van der Waals surface area contributed by atoms with Crippen LogP contribution in [0.4, 0.5) is 5.82 Å². The van der Waals surface area contributed by atoms with Gasteiger partial charge in [0.25, 0.3) is 11.5 Å². The Labute approximate surface area is 203 Å². The lowest BCUT2D eigenvalue weighted by Crippen LogP contribution is -2.37. The molecule has 2 aromatic rings. The number of thioether (sulfide) groups is 1. The van der Waals surface area contributed by atoms with Crippen molar-refractivity contribution in [3.63, 3.8) is 0 Å². The maximum Gasteiger partial charge on any atom is 0.267 e. The number of anilines is 1. The number of ether oxygens (including phenoxy) is 1. The van der Waals surface area contributed by atoms with Crippen molar-refractivity contribution in [1.82, 2.24) is 19.2 Å². The highest BCUT2D eigenvalue weighted by atomic mass is 32.2. The van der Waals surface area contributed by atoms with Crippen molar-refractivity contribution in [1.29, 1.82) is 0 Å². The predicted octanol–water partition coefficient (Wildman–Crippen LogP) is 2.83. The minimum atomic E-state index is -0.213. The van der Waals surface area contributed by atoms with Crippen molar-refractivity contribution in [3.05, 3.63) is 45.2 Å². The zero-order valence-corrected chi connectivity index (χ0v) is 20.4. The molecule has 8 nitrogen and oxygen atoms in total. The van der Waals surface area contributed by atoms with E-state index in [1.165, 1.54) is 16.2 Å². The molecule has 4 rings (SSSR count). The third-order valence-corrected chi connectivity index (χ3v) is 7.08. The van der Waals surface area contributed by atoms with Crippen molar-refractivity contribution < 1.29 is 9.53 Å². The van der Waals surface area contributed by atoms with Gasteiger partial charge in [-0.25, -0.2) is 4.98 Å². The van der Waals surface area contributed by atoms with Gasteiger partial charge in [0.15, 0.2) is 0 Å². The second kappa shape index (κ2) is 11.2. The quantitative estimate of drug-likeness (QED) is 0.329. The van der Waals surface area contributed by atoms with E-state index in [0.29, 0.717) is 39.3 Å². The fourth-order valence-electron chi connectivity index (χ4n) is 3.84. The summed E-state index contributed by atoms with van der Waals surface area (Å²) in [6.45, 7) is 7.74. The van der Waals surface area contributed by atoms with E-state index in [4.69, 9.17) is 17.0 Å². The summed E-state index contributed by atoms with van der Waals surface area (Å²) in [5, 5.41) is 3.34. The molecule has 2 aliphatic rings. The van der Waals surface area contributed by atoms with Gasteiger partial charge in [-0.1, -0.05) is 43.4 Å². The zero-order chi connectivity index (χ0) is 23.2. The van der Waals surface area contributed by atoms with E-state index in [9.17, 15) is 9.59 Å². The highest BCUT2D eigenvalue weighted by molar-refractivity contribution is 8.26. The number of unbranched alkanes of at least 4 members (excludes halogenated alkanes) is 1. The van der Waals surface area contributed by atoms with Gasteiger partial charge in [0, 0.05) is 32.4 Å². The van der Waals surface area contributed by atoms with Crippen LogP contribution in [-0.4, -0.2) is 75.3 Å². The molecular weight excluding hydrogens is 458 g/mol. The summed E-state index contributed by atoms with van der Waals surface area (Å²) < 4.78 is 7.44. The molecule has 33 heavy (non-hydrogen) atoms. The van der Waals surface area contributed by atoms with Gasteiger partial charge in [-0.3, -0.25) is 23.8 Å². The molecule has 0 spiro atoms. The number of morpholine rings is 1. The van der Waals surface area contributed by atoms with Gasteiger partial charge in [0.1, 0.15) is 15.8 Å². The number of hydrogen-bond donors (Lipinski definition) is 1. The molecule has 0 bridgehead atoms. The van der Waals surface area contributed by atoms with Crippen molar-refractivity contribution in [2.24, 2.45) is 0 Å². The standard InChI is InChI=1S/C23H29N5O3S2/c1-2-3-10-28-22(30)18(33-23(28)32)16-17-20(24-8-6-9-26-12-14-31-15-13-26)25-19-7-4-5-11-27(19)21(17)29/h4-5,7,11,16,24H,2-3,6,8-10,12-15H2,1H3. The second-order valence-electron chi connectivity index (χ2n) is 8.03. The van der Waals surface area contributed by atoms with E-state index in [-0.39, 0.29) is 11.5 Å². The minimum Gasteiger partial charge on any atom is -0.379 e. The maximum atomic E-state index is 13.3. The third-order valence-electron chi connectivity index (χ3n) is 5.70. The summed E-state index contributed by atoms with van der Waals surface area (Å²) in [5.41, 5.74) is 0.724. The van der Waals surface area contributed by atoms with Gasteiger partial charge in [-0.15, -0.1) is 0 Å². The first kappa shape index (κ1) is 23.9. The molecule has 0 unspecified atom stereocenters. The lowest BCUT2D eigenvalue weighted by molar-refractivity contribution is -0.122. The fourth-order valence-corrected chi connectivity index (χ4v) is 5.13. The van der Waals surface area contributed by atoms with Gasteiger partial charge >= 0.3 is 0 Å². The van der Waals surface area contributed by atoms with E-state index >= 15 is 0 Å². The normalized spacial score (nSPS) is 18.6. The number of pyridine rings is 1. The molecule has 0 aromatic carbocycles. The Morgan fingerprint density at radius 3 is 2.82 bits per heavy atom. The number of aromatic nitrogens is 2. The number of amides is 1. The van der Waals surface area contributed by atoms with Crippen molar-refractivity contribution >= 4 is 51.7 Å². The fraction of sp³-hybridized carbons (Fsp3) is 0.478. The van der Waals surface area contributed by atoms with Gasteiger partial charge in [-0.05, 0) is 37.6 Å². The summed E-state index contributed by atoms with van der Waals surface area (Å²) in [6, 6.07) is 5.44. The number of nitrogens with one attached hydrogen (secondary N) is 1. The van der Waals surface area contributed by atoms with E-state index < -0.39 is 0 Å². The number of hydrogen-bond acceptors (Lipinski definition) is 8. The van der Waals surface area contributed by atoms with Crippen LogP contribution in [0, 0.1) is 0 Å². The van der Waals surface area contributed by atoms with Crippen LogP contribution in [0.1, 0.15) is 31.7 Å². The van der Waals surface area contributed by atoms with Crippen LogP contribution in [0.15, 0.2) is 34.1 Å². The largest absolute Gasteiger partial charge is 0.379 e. The molecule has 2 saturated heterocycles. The number of carbonyl (C=O) groups excluding carboxylic acids is 1. The van der Waals surface area contributed by atoms with Gasteiger partial charge in [0.05, 0.1) is 23.7 Å². The smallest absolute Gasteiger partial charge is 0.267 e. The molecule has 176 valence electrons. The summed E-state index contributed by atoms with van der Waals surface area (Å²) in [5.74, 6) is 0.348. The zero-order valence-electron chi connectivity index (χ0n) is 18.8. The van der Waals surface area contributed by atoms with Crippen LogP contribution >= 0.6 is 24.0 Å². The first-order chi connectivity index (χ1) is 16.1. The van der Waals surface area contributed by atoms with Crippen molar-refractivity contribution in [2.75, 3.05) is 51.3 Å². The first-order valence-electron chi connectivity index (χ1n) is 11.4. The monoisotopic (exact) mass is 487 g/mol. The van der Waals surface area contributed by atoms with Crippen molar-refractivity contribution in [3.8, 4) is 0 Å². The molecule has 2 aliphatic heterocycles. The van der Waals surface area contributed by atoms with Crippen LogP contribution in [0.3, 0.4) is 0 Å². The molecule has 2 fully saturated rings. The first-order valence-corrected chi connectivity index (χ1v) is 12.6. The van der Waals surface area contributed by atoms with Crippen LogP contribution in [0.5, 0.6) is 0 Å². The average molecular weight is 488 g/mol. The lowest BCUT2D eigenvalue weighted by atomic mass is 10.2. The van der Waals surface area contributed by atoms with Crippen LogP contribution in [0.2, 0.25) is 0 Å². The number of thiocarbonyl (C=S) groups is 1. The SMILES string of the molecule is CCCCN1C(=O)C(=Cc2c(NCCCN3CCOCC3)nc3ccccn3c2=O)SC1=S. The molecule has 0 saturated carbocycles. The van der Waals surface area contributed by atoms with Crippen LogP contribution in [0.25, 0.3) is 11.7 Å². The number of rotatable bonds is 9. The van der Waals surface area contributed by atoms with Gasteiger partial charge in [-0.2, -0.15) is 0 Å². The third kappa shape index (κ3) is 5.63. The molecule has 1 amide bonds. The van der Waals surface area contributed by atoms with Gasteiger partial charge < -0.3 is 10.1 Å². The molecule has 10 heteroatoms. The Bertz CT molecular complexity index is 1110. The van der Waals surface area contributed by atoms with Crippen LogP contribution < -0.4 is 10.9 Å². The number of carbonyl (C=O) groups is 1. The number of fused-ring (bicyclic) bond motifs is 1. The Morgan fingerprint density at radius 2 is 2.03 bits per heavy atom. The van der Waals surface area contributed by atoms with E-state index in [2.05, 4.69) is 22.1 Å². The Balaban J connectivity index is 1.57. The predicted molar refractivity (Wildman–Crippen MR) is 137 cm³/mol. The Kier molecular flexibility index (Phi) is 8.13. The molecule has 4 heterocycles. The van der Waals surface area contributed by atoms with E-state index in [0.717, 1.165) is 52.1 Å². The number of nitrogens with zero attached hydrogens (tertiary/aromatic N) is 4. The highest BCUT2D eigenvalue weighted by Crippen LogP contribution is 2.33. The molecule has 0 radical (unpaired) electrons. The second-order valence-corrected chi connectivity index (χ2v) is 9.71. The van der Waals surface area contributed by atoms with E-state index in [1.807, 2.05) is 6.07 Å². The van der Waals surface area contributed by atoms with Crippen LogP contribution in [-0.2, 0) is 9.53 Å².